The highest BCUT2D eigenvalue weighted by Gasteiger charge is 2.11. The first-order chi connectivity index (χ1) is 13.6. The molecular formula is C26H22N2. The number of hydrogen-bond donors (Lipinski definition) is 0. The topological polar surface area (TPSA) is 28.7 Å². The van der Waals surface area contributed by atoms with Crippen LogP contribution in [0.4, 0.5) is 0 Å². The van der Waals surface area contributed by atoms with Gasteiger partial charge in [-0.3, -0.25) is 0 Å². The molecule has 0 aliphatic carbocycles. The minimum atomic E-state index is 0.676. The zero-order valence-corrected chi connectivity index (χ0v) is 16.4. The molecule has 0 spiro atoms. The highest BCUT2D eigenvalue weighted by molar-refractivity contribution is 5.94. The van der Waals surface area contributed by atoms with Crippen molar-refractivity contribution in [2.45, 2.75) is 20.8 Å². The van der Waals surface area contributed by atoms with Crippen LogP contribution in [0.5, 0.6) is 0 Å². The molecule has 0 aliphatic rings. The van der Waals surface area contributed by atoms with Crippen LogP contribution in [-0.2, 0) is 0 Å². The molecule has 0 saturated carbocycles. The predicted octanol–water partition coefficient (Wildman–Crippen LogP) is 6.62. The summed E-state index contributed by atoms with van der Waals surface area (Å²) in [6.45, 7) is 6.30. The first-order valence-electron chi connectivity index (χ1n) is 9.44. The third kappa shape index (κ3) is 3.23. The molecule has 2 nitrogen and oxygen atoms in total. The molecular weight excluding hydrogens is 340 g/mol. The van der Waals surface area contributed by atoms with E-state index < -0.39 is 0 Å². The highest BCUT2D eigenvalue weighted by Crippen LogP contribution is 2.27. The van der Waals surface area contributed by atoms with Crippen molar-refractivity contribution in [2.75, 3.05) is 0 Å². The van der Waals surface area contributed by atoms with E-state index in [2.05, 4.69) is 86.0 Å². The summed E-state index contributed by atoms with van der Waals surface area (Å²) >= 11 is 0. The SMILES string of the molecule is Cc1ccc(-n2c(C)cc(/C=C(\C#N)c3ccc4ccccc4c3)c2C)cc1. The van der Waals surface area contributed by atoms with E-state index in [4.69, 9.17) is 0 Å². The Bertz CT molecular complexity index is 1230. The monoisotopic (exact) mass is 362 g/mol. The van der Waals surface area contributed by atoms with E-state index in [0.29, 0.717) is 5.57 Å². The summed E-state index contributed by atoms with van der Waals surface area (Å²) in [6, 6.07) is 27.5. The summed E-state index contributed by atoms with van der Waals surface area (Å²) in [5.74, 6) is 0. The lowest BCUT2D eigenvalue weighted by atomic mass is 10.0. The highest BCUT2D eigenvalue weighted by atomic mass is 15.0. The van der Waals surface area contributed by atoms with E-state index in [1.165, 1.54) is 10.9 Å². The number of nitrogens with zero attached hydrogens (tertiary/aromatic N) is 2. The lowest BCUT2D eigenvalue weighted by Gasteiger charge is -2.10. The second-order valence-corrected chi connectivity index (χ2v) is 7.23. The Kier molecular flexibility index (Phi) is 4.59. The molecule has 136 valence electrons. The van der Waals surface area contributed by atoms with Crippen LogP contribution in [0, 0.1) is 32.1 Å². The van der Waals surface area contributed by atoms with Crippen molar-refractivity contribution in [3.05, 3.63) is 101 Å². The van der Waals surface area contributed by atoms with Gasteiger partial charge in [0.2, 0.25) is 0 Å². The Hall–Kier alpha value is -3.57. The molecule has 1 aromatic heterocycles. The van der Waals surface area contributed by atoms with Crippen molar-refractivity contribution in [3.8, 4) is 11.8 Å². The van der Waals surface area contributed by atoms with Crippen LogP contribution in [0.15, 0.2) is 72.8 Å². The maximum atomic E-state index is 9.80. The summed E-state index contributed by atoms with van der Waals surface area (Å²) in [5.41, 5.74) is 7.37. The summed E-state index contributed by atoms with van der Waals surface area (Å²) < 4.78 is 2.24. The summed E-state index contributed by atoms with van der Waals surface area (Å²) in [4.78, 5) is 0. The normalized spacial score (nSPS) is 11.6. The minimum absolute atomic E-state index is 0.676. The molecule has 2 heteroatoms. The lowest BCUT2D eigenvalue weighted by molar-refractivity contribution is 0.963. The van der Waals surface area contributed by atoms with Crippen LogP contribution in [0.3, 0.4) is 0 Å². The van der Waals surface area contributed by atoms with E-state index in [0.717, 1.165) is 33.6 Å². The molecule has 4 rings (SSSR count). The molecule has 3 aromatic carbocycles. The second kappa shape index (κ2) is 7.21. The van der Waals surface area contributed by atoms with Crippen molar-refractivity contribution in [1.29, 1.82) is 5.26 Å². The first-order valence-corrected chi connectivity index (χ1v) is 9.44. The first kappa shape index (κ1) is 17.8. The van der Waals surface area contributed by atoms with Crippen molar-refractivity contribution in [2.24, 2.45) is 0 Å². The summed E-state index contributed by atoms with van der Waals surface area (Å²) in [6.07, 6.45) is 2.00. The zero-order valence-electron chi connectivity index (χ0n) is 16.4. The summed E-state index contributed by atoms with van der Waals surface area (Å²) in [7, 11) is 0. The maximum absolute atomic E-state index is 9.80. The van der Waals surface area contributed by atoms with Crippen LogP contribution in [0.1, 0.15) is 28.1 Å². The standard InChI is InChI=1S/C26H22N2/c1-18-8-12-26(13-9-18)28-19(2)14-24(20(28)3)16-25(17-27)23-11-10-21-6-4-5-7-22(21)15-23/h4-16H,1-3H3/b25-16+. The Morgan fingerprint density at radius 1 is 0.857 bits per heavy atom. The van der Waals surface area contributed by atoms with Gasteiger partial charge < -0.3 is 4.57 Å². The van der Waals surface area contributed by atoms with Crippen molar-refractivity contribution < 1.29 is 0 Å². The number of aromatic nitrogens is 1. The fourth-order valence-electron chi connectivity index (χ4n) is 3.72. The smallest absolute Gasteiger partial charge is 0.0998 e. The van der Waals surface area contributed by atoms with Crippen LogP contribution >= 0.6 is 0 Å². The fraction of sp³-hybridized carbons (Fsp3) is 0.115. The van der Waals surface area contributed by atoms with Gasteiger partial charge in [0.15, 0.2) is 0 Å². The van der Waals surface area contributed by atoms with Crippen molar-refractivity contribution >= 4 is 22.4 Å². The Morgan fingerprint density at radius 2 is 1.57 bits per heavy atom. The van der Waals surface area contributed by atoms with Gasteiger partial charge >= 0.3 is 0 Å². The Morgan fingerprint density at radius 3 is 2.29 bits per heavy atom. The third-order valence-electron chi connectivity index (χ3n) is 5.24. The molecule has 0 radical (unpaired) electrons. The van der Waals surface area contributed by atoms with Crippen LogP contribution < -0.4 is 0 Å². The van der Waals surface area contributed by atoms with Gasteiger partial charge in [-0.1, -0.05) is 54.1 Å². The molecule has 0 aliphatic heterocycles. The van der Waals surface area contributed by atoms with E-state index in [1.54, 1.807) is 0 Å². The number of rotatable bonds is 3. The largest absolute Gasteiger partial charge is 0.318 e. The number of fused-ring (bicyclic) bond motifs is 1. The van der Waals surface area contributed by atoms with Crippen LogP contribution in [-0.4, -0.2) is 4.57 Å². The van der Waals surface area contributed by atoms with E-state index >= 15 is 0 Å². The number of benzene rings is 3. The second-order valence-electron chi connectivity index (χ2n) is 7.23. The number of hydrogen-bond acceptors (Lipinski definition) is 1. The third-order valence-corrected chi connectivity index (χ3v) is 5.24. The quantitative estimate of drug-likeness (QED) is 0.376. The minimum Gasteiger partial charge on any atom is -0.318 e. The average Bonchev–Trinajstić information content (AvgIpc) is 2.99. The predicted molar refractivity (Wildman–Crippen MR) is 117 cm³/mol. The molecule has 0 fully saturated rings. The van der Waals surface area contributed by atoms with E-state index in [1.807, 2.05) is 24.3 Å². The molecule has 0 N–H and O–H groups in total. The molecule has 0 atom stereocenters. The van der Waals surface area contributed by atoms with Gasteiger partial charge in [-0.2, -0.15) is 5.26 Å². The van der Waals surface area contributed by atoms with Gasteiger partial charge in [-0.05, 0) is 73.0 Å². The Labute approximate surface area is 166 Å². The number of aryl methyl sites for hydroxylation is 2. The molecule has 0 amide bonds. The number of nitriles is 1. The van der Waals surface area contributed by atoms with Gasteiger partial charge in [-0.15, -0.1) is 0 Å². The molecule has 4 aromatic rings. The summed E-state index contributed by atoms with van der Waals surface area (Å²) in [5, 5.41) is 12.1. The van der Waals surface area contributed by atoms with Gasteiger partial charge in [0.1, 0.15) is 0 Å². The zero-order chi connectivity index (χ0) is 19.7. The Balaban J connectivity index is 1.79. The van der Waals surface area contributed by atoms with Crippen LogP contribution in [0.2, 0.25) is 0 Å². The molecule has 28 heavy (non-hydrogen) atoms. The van der Waals surface area contributed by atoms with Gasteiger partial charge in [0, 0.05) is 17.1 Å². The van der Waals surface area contributed by atoms with Gasteiger partial charge in [0.05, 0.1) is 11.6 Å². The maximum Gasteiger partial charge on any atom is 0.0998 e. The van der Waals surface area contributed by atoms with E-state index in [-0.39, 0.29) is 0 Å². The molecule has 1 heterocycles. The lowest BCUT2D eigenvalue weighted by Crippen LogP contribution is -1.98. The fourth-order valence-corrected chi connectivity index (χ4v) is 3.72. The van der Waals surface area contributed by atoms with Crippen molar-refractivity contribution in [1.82, 2.24) is 4.57 Å². The van der Waals surface area contributed by atoms with E-state index in [9.17, 15) is 5.26 Å². The number of allylic oxidation sites excluding steroid dienone is 1. The van der Waals surface area contributed by atoms with Gasteiger partial charge in [-0.25, -0.2) is 0 Å². The molecule has 0 bridgehead atoms. The van der Waals surface area contributed by atoms with Crippen molar-refractivity contribution in [3.63, 3.8) is 0 Å². The molecule has 0 unspecified atom stereocenters. The van der Waals surface area contributed by atoms with Gasteiger partial charge in [0.25, 0.3) is 0 Å². The van der Waals surface area contributed by atoms with Crippen LogP contribution in [0.25, 0.3) is 28.1 Å². The molecule has 0 saturated heterocycles. The average molecular weight is 362 g/mol.